The molecule has 0 radical (unpaired) electrons. The molecular formula is C16H24N6. The summed E-state index contributed by atoms with van der Waals surface area (Å²) in [5, 5.41) is 4.19. The topological polar surface area (TPSA) is 53.5 Å². The largest absolute Gasteiger partial charge is 0.341 e. The first-order valence-corrected chi connectivity index (χ1v) is 7.42. The molecule has 0 spiro atoms. The van der Waals surface area contributed by atoms with Crippen LogP contribution in [0.5, 0.6) is 0 Å². The number of rotatable bonds is 1. The highest BCUT2D eigenvalue weighted by molar-refractivity contribution is 5.01. The van der Waals surface area contributed by atoms with Crippen LogP contribution in [0.15, 0.2) is 43.6 Å². The monoisotopic (exact) mass is 300 g/mol. The molecule has 1 aliphatic carbocycles. The van der Waals surface area contributed by atoms with Gasteiger partial charge in [0.25, 0.3) is 0 Å². The van der Waals surface area contributed by atoms with Crippen molar-refractivity contribution in [2.75, 3.05) is 0 Å². The van der Waals surface area contributed by atoms with Gasteiger partial charge in [-0.05, 0) is 32.3 Å². The maximum atomic E-state index is 4.19. The van der Waals surface area contributed by atoms with Crippen LogP contribution in [0.1, 0.15) is 30.1 Å². The molecule has 0 bridgehead atoms. The fourth-order valence-electron chi connectivity index (χ4n) is 1.84. The smallest absolute Gasteiger partial charge is 0.0946 e. The van der Waals surface area contributed by atoms with E-state index in [-0.39, 0.29) is 0 Å². The Kier molecular flexibility index (Phi) is 5.52. The van der Waals surface area contributed by atoms with Crippen molar-refractivity contribution in [3.8, 4) is 0 Å². The summed E-state index contributed by atoms with van der Waals surface area (Å²) >= 11 is 0. The summed E-state index contributed by atoms with van der Waals surface area (Å²) in [5.41, 5.74) is 2.34. The Bertz CT molecular complexity index is 644. The highest BCUT2D eigenvalue weighted by atomic mass is 15.3. The number of nitrogens with zero attached hydrogens (tertiary/aromatic N) is 6. The first-order valence-electron chi connectivity index (χ1n) is 7.42. The van der Waals surface area contributed by atoms with Gasteiger partial charge in [-0.15, -0.1) is 0 Å². The molecule has 1 fully saturated rings. The Labute approximate surface area is 131 Å². The van der Waals surface area contributed by atoms with E-state index in [1.807, 2.05) is 48.7 Å². The van der Waals surface area contributed by atoms with Crippen molar-refractivity contribution in [1.82, 2.24) is 28.9 Å². The first-order chi connectivity index (χ1) is 10.5. The quantitative estimate of drug-likeness (QED) is 0.694. The molecule has 0 atom stereocenters. The van der Waals surface area contributed by atoms with Gasteiger partial charge in [-0.3, -0.25) is 4.68 Å². The van der Waals surface area contributed by atoms with Crippen LogP contribution in [0.3, 0.4) is 0 Å². The van der Waals surface area contributed by atoms with E-state index in [4.69, 9.17) is 0 Å². The third kappa shape index (κ3) is 5.55. The molecule has 0 aromatic carbocycles. The minimum Gasteiger partial charge on any atom is -0.341 e. The van der Waals surface area contributed by atoms with Crippen molar-refractivity contribution >= 4 is 0 Å². The summed E-state index contributed by atoms with van der Waals surface area (Å²) in [7, 11) is 3.90. The predicted octanol–water partition coefficient (Wildman–Crippen LogP) is 2.68. The summed E-state index contributed by atoms with van der Waals surface area (Å²) in [5.74, 6) is 0. The van der Waals surface area contributed by atoms with Crippen molar-refractivity contribution < 1.29 is 0 Å². The van der Waals surface area contributed by atoms with E-state index in [1.54, 1.807) is 18.9 Å². The lowest BCUT2D eigenvalue weighted by Crippen LogP contribution is -1.91. The van der Waals surface area contributed by atoms with Crippen molar-refractivity contribution in [2.24, 2.45) is 14.1 Å². The molecular weight excluding hydrogens is 276 g/mol. The van der Waals surface area contributed by atoms with Crippen LogP contribution < -0.4 is 0 Å². The van der Waals surface area contributed by atoms with Crippen molar-refractivity contribution in [3.63, 3.8) is 0 Å². The van der Waals surface area contributed by atoms with Crippen molar-refractivity contribution in [3.05, 3.63) is 54.9 Å². The van der Waals surface area contributed by atoms with Crippen LogP contribution in [-0.4, -0.2) is 28.9 Å². The van der Waals surface area contributed by atoms with Gasteiger partial charge in [-0.1, -0.05) is 0 Å². The van der Waals surface area contributed by atoms with Crippen LogP contribution in [0.25, 0.3) is 0 Å². The second-order valence-electron chi connectivity index (χ2n) is 5.64. The SMILES string of the molecule is Cc1cn(C)cn1.Cc1cnn(C2CC2)c1.Cn1ccnc1. The van der Waals surface area contributed by atoms with Crippen molar-refractivity contribution in [1.29, 1.82) is 0 Å². The summed E-state index contributed by atoms with van der Waals surface area (Å²) in [4.78, 5) is 7.76. The molecule has 3 aromatic rings. The normalized spacial score (nSPS) is 12.9. The number of hydrogen-bond acceptors (Lipinski definition) is 3. The Hall–Kier alpha value is -2.37. The molecule has 0 saturated heterocycles. The molecule has 0 aliphatic heterocycles. The number of hydrogen-bond donors (Lipinski definition) is 0. The lowest BCUT2D eigenvalue weighted by molar-refractivity contribution is 0.641. The number of aryl methyl sites for hydroxylation is 4. The summed E-state index contributed by atoms with van der Waals surface area (Å²) < 4.78 is 5.88. The molecule has 22 heavy (non-hydrogen) atoms. The molecule has 3 heterocycles. The minimum absolute atomic E-state index is 0.735. The summed E-state index contributed by atoms with van der Waals surface area (Å²) in [6.07, 6.45) is 15.8. The zero-order chi connectivity index (χ0) is 15.9. The Morgan fingerprint density at radius 3 is 2.09 bits per heavy atom. The van der Waals surface area contributed by atoms with Crippen LogP contribution in [0, 0.1) is 13.8 Å². The first kappa shape index (κ1) is 16.0. The second kappa shape index (κ2) is 7.59. The van der Waals surface area contributed by atoms with Gasteiger partial charge >= 0.3 is 0 Å². The fourth-order valence-corrected chi connectivity index (χ4v) is 1.84. The van der Waals surface area contributed by atoms with Gasteiger partial charge < -0.3 is 9.13 Å². The maximum Gasteiger partial charge on any atom is 0.0946 e. The zero-order valence-corrected chi connectivity index (χ0v) is 13.7. The number of aromatic nitrogens is 6. The van der Waals surface area contributed by atoms with E-state index in [2.05, 4.69) is 32.9 Å². The molecule has 4 rings (SSSR count). The molecule has 0 unspecified atom stereocenters. The fraction of sp³-hybridized carbons (Fsp3) is 0.438. The van der Waals surface area contributed by atoms with Gasteiger partial charge in [0.05, 0.1) is 30.6 Å². The second-order valence-corrected chi connectivity index (χ2v) is 5.64. The Balaban J connectivity index is 0.000000124. The summed E-state index contributed by atoms with van der Waals surface area (Å²) in [6, 6.07) is 0.735. The van der Waals surface area contributed by atoms with Crippen LogP contribution >= 0.6 is 0 Å². The van der Waals surface area contributed by atoms with E-state index in [0.29, 0.717) is 0 Å². The van der Waals surface area contributed by atoms with Gasteiger partial charge in [0.2, 0.25) is 0 Å². The zero-order valence-electron chi connectivity index (χ0n) is 13.7. The lowest BCUT2D eigenvalue weighted by Gasteiger charge is -1.91. The minimum atomic E-state index is 0.735. The number of imidazole rings is 2. The van der Waals surface area contributed by atoms with E-state index >= 15 is 0 Å². The molecule has 6 heteroatoms. The van der Waals surface area contributed by atoms with Gasteiger partial charge in [-0.25, -0.2) is 9.97 Å². The van der Waals surface area contributed by atoms with E-state index in [1.165, 1.54) is 18.4 Å². The third-order valence-corrected chi connectivity index (χ3v) is 3.12. The molecule has 1 aliphatic rings. The molecule has 0 amide bonds. The highest BCUT2D eigenvalue weighted by Crippen LogP contribution is 2.33. The highest BCUT2D eigenvalue weighted by Gasteiger charge is 2.23. The van der Waals surface area contributed by atoms with Crippen molar-refractivity contribution in [2.45, 2.75) is 32.7 Å². The van der Waals surface area contributed by atoms with E-state index in [0.717, 1.165) is 11.7 Å². The van der Waals surface area contributed by atoms with Crippen LogP contribution in [0.4, 0.5) is 0 Å². The third-order valence-electron chi connectivity index (χ3n) is 3.12. The Morgan fingerprint density at radius 1 is 1.05 bits per heavy atom. The predicted molar refractivity (Wildman–Crippen MR) is 86.4 cm³/mol. The van der Waals surface area contributed by atoms with E-state index in [9.17, 15) is 0 Å². The van der Waals surface area contributed by atoms with Gasteiger partial charge in [-0.2, -0.15) is 5.10 Å². The average Bonchev–Trinajstić information content (AvgIpc) is 2.84. The Morgan fingerprint density at radius 2 is 1.82 bits per heavy atom. The van der Waals surface area contributed by atoms with Gasteiger partial charge in [0.15, 0.2) is 0 Å². The van der Waals surface area contributed by atoms with E-state index < -0.39 is 0 Å². The molecule has 118 valence electrons. The molecule has 6 nitrogen and oxygen atoms in total. The average molecular weight is 300 g/mol. The van der Waals surface area contributed by atoms with Gasteiger partial charge in [0.1, 0.15) is 0 Å². The molecule has 3 aromatic heterocycles. The standard InChI is InChI=1S/C7H10N2.C5H8N2.C4H6N2/c1-6-4-8-9(5-6)7-2-3-7;1-5-3-7(2)4-6-5;1-6-3-2-5-4-6/h4-5,7H,2-3H2,1H3;3-4H,1-2H3;2-4H,1H3. The van der Waals surface area contributed by atoms with Crippen LogP contribution in [-0.2, 0) is 14.1 Å². The van der Waals surface area contributed by atoms with Gasteiger partial charge in [0, 0.05) is 38.9 Å². The summed E-state index contributed by atoms with van der Waals surface area (Å²) in [6.45, 7) is 4.05. The maximum absolute atomic E-state index is 4.19. The molecule has 0 N–H and O–H groups in total. The van der Waals surface area contributed by atoms with Crippen LogP contribution in [0.2, 0.25) is 0 Å². The molecule has 1 saturated carbocycles. The lowest BCUT2D eigenvalue weighted by atomic mass is 10.4.